The van der Waals surface area contributed by atoms with Gasteiger partial charge in [-0.2, -0.15) is 0 Å². The number of carbonyl (C=O) groups is 2. The molecule has 1 unspecified atom stereocenters. The first-order valence-electron chi connectivity index (χ1n) is 12.2. The fourth-order valence-electron chi connectivity index (χ4n) is 3.70. The van der Waals surface area contributed by atoms with Gasteiger partial charge in [0.1, 0.15) is 12.7 Å². The molecule has 1 aliphatic heterocycles. The third-order valence-corrected chi connectivity index (χ3v) is 5.52. The van der Waals surface area contributed by atoms with Gasteiger partial charge in [0.05, 0.1) is 36.3 Å². The van der Waals surface area contributed by atoms with Crippen LogP contribution in [0.25, 0.3) is 0 Å². The van der Waals surface area contributed by atoms with Gasteiger partial charge in [-0.1, -0.05) is 23.4 Å². The molecule has 36 heavy (non-hydrogen) atoms. The van der Waals surface area contributed by atoms with E-state index in [0.717, 1.165) is 0 Å². The van der Waals surface area contributed by atoms with Gasteiger partial charge in [-0.25, -0.2) is 9.59 Å². The minimum atomic E-state index is -0.714. The maximum atomic E-state index is 12.7. The average Bonchev–Trinajstić information content (AvgIpc) is 2.81. The third-order valence-electron chi connectivity index (χ3n) is 5.52. The molecule has 1 aromatic carbocycles. The summed E-state index contributed by atoms with van der Waals surface area (Å²) in [4.78, 5) is 32.6. The standard InChI is InChI=1S/C27H39N3O6/c1-8-34-25(32)22-14-23(26(33)35-9-2)19(4)30(18(22)3)24-13-11-10-12-20(24)15-29-36-17-21(31)16-28-27(5,6)7/h10-13,15,21,28,31H,8-9,14,16-17H2,1-7H3. The van der Waals surface area contributed by atoms with E-state index < -0.39 is 18.0 Å². The smallest absolute Gasteiger partial charge is 0.336 e. The molecule has 198 valence electrons. The Balaban J connectivity index is 2.35. The van der Waals surface area contributed by atoms with Gasteiger partial charge in [-0.3, -0.25) is 0 Å². The Morgan fingerprint density at radius 3 is 2.17 bits per heavy atom. The van der Waals surface area contributed by atoms with Crippen molar-refractivity contribution >= 4 is 23.8 Å². The van der Waals surface area contributed by atoms with Crippen LogP contribution in [0.5, 0.6) is 0 Å². The van der Waals surface area contributed by atoms with Gasteiger partial charge in [0.25, 0.3) is 0 Å². The van der Waals surface area contributed by atoms with Gasteiger partial charge in [-0.15, -0.1) is 0 Å². The second-order valence-corrected chi connectivity index (χ2v) is 9.45. The minimum absolute atomic E-state index is 0.0311. The molecule has 0 fully saturated rings. The second-order valence-electron chi connectivity index (χ2n) is 9.45. The molecule has 2 rings (SSSR count). The SMILES string of the molecule is CCOC(=O)C1=C(C)N(c2ccccc2C=NOCC(O)CNC(C)(C)C)C(C)=C(C(=O)OCC)C1. The number of nitrogens with zero attached hydrogens (tertiary/aromatic N) is 2. The van der Waals surface area contributed by atoms with Crippen LogP contribution < -0.4 is 10.2 Å². The third kappa shape index (κ3) is 7.93. The van der Waals surface area contributed by atoms with Crippen molar-refractivity contribution in [1.29, 1.82) is 0 Å². The molecular weight excluding hydrogens is 462 g/mol. The molecule has 0 spiro atoms. The largest absolute Gasteiger partial charge is 0.463 e. The Hall–Kier alpha value is -3.17. The van der Waals surface area contributed by atoms with Crippen molar-refractivity contribution < 1.29 is 29.0 Å². The Bertz CT molecular complexity index is 983. The van der Waals surface area contributed by atoms with Crippen LogP contribution in [0.4, 0.5) is 5.69 Å². The van der Waals surface area contributed by atoms with Crippen molar-refractivity contribution in [3.63, 3.8) is 0 Å². The number of para-hydroxylation sites is 1. The van der Waals surface area contributed by atoms with Crippen molar-refractivity contribution in [2.75, 3.05) is 31.3 Å². The van der Waals surface area contributed by atoms with E-state index in [2.05, 4.69) is 10.5 Å². The number of hydrogen-bond acceptors (Lipinski definition) is 9. The Labute approximate surface area is 213 Å². The lowest BCUT2D eigenvalue weighted by Gasteiger charge is -2.34. The molecule has 0 saturated carbocycles. The number of aliphatic hydroxyl groups is 1. The first-order chi connectivity index (χ1) is 17.0. The molecule has 1 aromatic rings. The second kappa shape index (κ2) is 13.2. The van der Waals surface area contributed by atoms with Crippen LogP contribution in [0.3, 0.4) is 0 Å². The van der Waals surface area contributed by atoms with Crippen LogP contribution in [0.1, 0.15) is 60.5 Å². The Morgan fingerprint density at radius 2 is 1.64 bits per heavy atom. The number of esters is 2. The number of oxime groups is 1. The summed E-state index contributed by atoms with van der Waals surface area (Å²) in [7, 11) is 0. The van der Waals surface area contributed by atoms with E-state index in [1.54, 1.807) is 20.1 Å². The van der Waals surface area contributed by atoms with Gasteiger partial charge >= 0.3 is 11.9 Å². The summed E-state index contributed by atoms with van der Waals surface area (Å²) in [6.07, 6.45) is 0.960. The van der Waals surface area contributed by atoms with E-state index in [1.807, 2.05) is 63.8 Å². The highest BCUT2D eigenvalue weighted by Gasteiger charge is 2.32. The van der Waals surface area contributed by atoms with Crippen molar-refractivity contribution in [2.45, 2.75) is 66.5 Å². The number of ether oxygens (including phenoxy) is 2. The van der Waals surface area contributed by atoms with E-state index in [1.165, 1.54) is 0 Å². The normalized spacial score (nSPS) is 15.4. The van der Waals surface area contributed by atoms with Crippen LogP contribution in [0, 0.1) is 0 Å². The predicted octanol–water partition coefficient (Wildman–Crippen LogP) is 3.67. The number of rotatable bonds is 11. The Morgan fingerprint density at radius 1 is 1.08 bits per heavy atom. The maximum Gasteiger partial charge on any atom is 0.336 e. The number of benzene rings is 1. The monoisotopic (exact) mass is 501 g/mol. The van der Waals surface area contributed by atoms with Crippen LogP contribution in [-0.2, 0) is 23.9 Å². The molecule has 1 atom stereocenters. The summed E-state index contributed by atoms with van der Waals surface area (Å²) in [6, 6.07) is 7.43. The van der Waals surface area contributed by atoms with Crippen molar-refractivity contribution in [1.82, 2.24) is 5.32 Å². The predicted molar refractivity (Wildman–Crippen MR) is 140 cm³/mol. The number of anilines is 1. The quantitative estimate of drug-likeness (QED) is 0.269. The van der Waals surface area contributed by atoms with Gasteiger partial charge in [-0.05, 0) is 54.5 Å². The highest BCUT2D eigenvalue weighted by atomic mass is 16.6. The molecule has 9 heteroatoms. The number of aliphatic hydroxyl groups excluding tert-OH is 1. The fraction of sp³-hybridized carbons (Fsp3) is 0.519. The Kier molecular flexibility index (Phi) is 10.7. The first kappa shape index (κ1) is 29.1. The zero-order valence-corrected chi connectivity index (χ0v) is 22.4. The molecule has 0 radical (unpaired) electrons. The highest BCUT2D eigenvalue weighted by Crippen LogP contribution is 2.37. The number of allylic oxidation sites excluding steroid dienone is 2. The molecule has 0 bridgehead atoms. The highest BCUT2D eigenvalue weighted by molar-refractivity contribution is 5.99. The molecular formula is C27H39N3O6. The van der Waals surface area contributed by atoms with Crippen molar-refractivity contribution in [3.8, 4) is 0 Å². The zero-order chi connectivity index (χ0) is 26.9. The van der Waals surface area contributed by atoms with E-state index in [-0.39, 0.29) is 31.8 Å². The van der Waals surface area contributed by atoms with E-state index in [9.17, 15) is 14.7 Å². The fourth-order valence-corrected chi connectivity index (χ4v) is 3.70. The van der Waals surface area contributed by atoms with Gasteiger partial charge < -0.3 is 29.6 Å². The zero-order valence-electron chi connectivity index (χ0n) is 22.4. The molecule has 0 aromatic heterocycles. The number of carbonyl (C=O) groups excluding carboxylic acids is 2. The molecule has 1 aliphatic rings. The summed E-state index contributed by atoms with van der Waals surface area (Å²) in [5.41, 5.74) is 3.39. The summed E-state index contributed by atoms with van der Waals surface area (Å²) in [5, 5.41) is 17.4. The molecule has 2 N–H and O–H groups in total. The van der Waals surface area contributed by atoms with Crippen molar-refractivity contribution in [2.24, 2.45) is 5.16 Å². The van der Waals surface area contributed by atoms with Gasteiger partial charge in [0.15, 0.2) is 0 Å². The van der Waals surface area contributed by atoms with E-state index >= 15 is 0 Å². The average molecular weight is 502 g/mol. The number of nitrogens with one attached hydrogen (secondary N) is 1. The maximum absolute atomic E-state index is 12.7. The topological polar surface area (TPSA) is 110 Å². The van der Waals surface area contributed by atoms with E-state index in [4.69, 9.17) is 14.3 Å². The lowest BCUT2D eigenvalue weighted by atomic mass is 9.95. The van der Waals surface area contributed by atoms with Crippen LogP contribution in [0.2, 0.25) is 0 Å². The lowest BCUT2D eigenvalue weighted by molar-refractivity contribution is -0.139. The van der Waals surface area contributed by atoms with Gasteiger partial charge in [0, 0.05) is 35.5 Å². The van der Waals surface area contributed by atoms with Gasteiger partial charge in [0.2, 0.25) is 0 Å². The minimum Gasteiger partial charge on any atom is -0.463 e. The summed E-state index contributed by atoms with van der Waals surface area (Å²) >= 11 is 0. The lowest BCUT2D eigenvalue weighted by Crippen LogP contribution is -2.42. The molecule has 9 nitrogen and oxygen atoms in total. The van der Waals surface area contributed by atoms with E-state index in [0.29, 0.717) is 40.3 Å². The van der Waals surface area contributed by atoms with Crippen LogP contribution >= 0.6 is 0 Å². The molecule has 0 amide bonds. The summed E-state index contributed by atoms with van der Waals surface area (Å²) in [6.45, 7) is 14.0. The van der Waals surface area contributed by atoms with Crippen molar-refractivity contribution in [3.05, 3.63) is 52.4 Å². The molecule has 0 aliphatic carbocycles. The summed E-state index contributed by atoms with van der Waals surface area (Å²) in [5.74, 6) is -0.941. The summed E-state index contributed by atoms with van der Waals surface area (Å²) < 4.78 is 10.5. The molecule has 1 heterocycles. The number of hydrogen-bond donors (Lipinski definition) is 2. The van der Waals surface area contributed by atoms with Crippen LogP contribution in [0.15, 0.2) is 52.0 Å². The van der Waals surface area contributed by atoms with Crippen LogP contribution in [-0.4, -0.2) is 61.3 Å². The molecule has 0 saturated heterocycles. The first-order valence-corrected chi connectivity index (χ1v) is 12.2. The number of β-amino-alcohol motifs (C(OH)–C–C–N with tert-alkyl or cyclic N) is 1.